The number of aromatic nitrogens is 1. The van der Waals surface area contributed by atoms with Crippen molar-refractivity contribution in [3.63, 3.8) is 0 Å². The summed E-state index contributed by atoms with van der Waals surface area (Å²) in [5.41, 5.74) is 19.2. The van der Waals surface area contributed by atoms with Gasteiger partial charge in [-0.2, -0.15) is 0 Å². The molecule has 3 rings (SSSR count). The number of amides is 13. The molecule has 612 valence electrons. The van der Waals surface area contributed by atoms with Crippen LogP contribution in [0.15, 0.2) is 60.8 Å². The number of carbonyl (C=O) groups is 15. The molecule has 1 unspecified atom stereocenters. The Labute approximate surface area is 638 Å². The number of nitrogens with two attached hydrogens (primary N) is 3. The number of nitrogens with one attached hydrogen (secondary N) is 14. The molecular weight excluding hydrogens is 1430 g/mol. The molecule has 37 nitrogen and oxygen atoms in total. The van der Waals surface area contributed by atoms with Gasteiger partial charge < -0.3 is 117 Å². The van der Waals surface area contributed by atoms with E-state index in [2.05, 4.69) is 74.1 Å². The van der Waals surface area contributed by atoms with Crippen LogP contribution in [0, 0.1) is 17.8 Å². The van der Waals surface area contributed by atoms with Crippen LogP contribution in [0.5, 0.6) is 0 Å². The molecule has 0 fully saturated rings. The van der Waals surface area contributed by atoms with Crippen molar-refractivity contribution >= 4 is 99.6 Å². The average Bonchev–Trinajstić information content (AvgIpc) is 1.65. The number of unbranched alkanes of at least 4 members (excludes halogenated alkanes) is 3. The van der Waals surface area contributed by atoms with Gasteiger partial charge in [0.25, 0.3) is 0 Å². The van der Waals surface area contributed by atoms with Gasteiger partial charge in [0.05, 0.1) is 32.3 Å². The second-order valence-corrected chi connectivity index (χ2v) is 27.7. The lowest BCUT2D eigenvalue weighted by molar-refractivity contribution is -0.142. The number of hydrogen-bond acceptors (Lipinski definition) is 21. The molecule has 37 heteroatoms. The minimum atomic E-state index is -1.88. The Kier molecular flexibility index (Phi) is 41.9. The zero-order chi connectivity index (χ0) is 82.3. The number of carboxylic acid groups (broad SMARTS) is 2. The van der Waals surface area contributed by atoms with Crippen LogP contribution in [0.4, 0.5) is 0 Å². The topological polar surface area (TPSA) is 607 Å². The summed E-state index contributed by atoms with van der Waals surface area (Å²) < 4.78 is 0. The van der Waals surface area contributed by atoms with Crippen molar-refractivity contribution in [1.29, 1.82) is 0 Å². The summed E-state index contributed by atoms with van der Waals surface area (Å²) in [5, 5.41) is 83.3. The van der Waals surface area contributed by atoms with Gasteiger partial charge in [-0.25, -0.2) is 0 Å². The maximum atomic E-state index is 14.5. The van der Waals surface area contributed by atoms with Crippen molar-refractivity contribution in [3.05, 3.63) is 71.9 Å². The molecule has 0 aliphatic rings. The first kappa shape index (κ1) is 94.0. The number of carbonyl (C=O) groups excluding carboxylic acids is 13. The predicted octanol–water partition coefficient (Wildman–Crippen LogP) is -4.03. The Morgan fingerprint density at radius 3 is 1.39 bits per heavy atom. The lowest BCUT2D eigenvalue weighted by Gasteiger charge is -2.30. The number of hydrogen-bond donors (Lipinski definition) is 22. The van der Waals surface area contributed by atoms with Crippen LogP contribution >= 0.6 is 0 Å². The molecule has 13 amide bonds. The average molecular weight is 1550 g/mol. The fraction of sp³-hybridized carbons (Fsp3) is 0.603. The number of aliphatic carboxylic acids is 2. The molecule has 14 atom stereocenters. The van der Waals surface area contributed by atoms with Crippen molar-refractivity contribution in [2.75, 3.05) is 39.4 Å². The lowest BCUT2D eigenvalue weighted by atomic mass is 9.96. The van der Waals surface area contributed by atoms with Crippen LogP contribution in [-0.4, -0.2) is 237 Å². The fourth-order valence-corrected chi connectivity index (χ4v) is 11.4. The molecule has 0 bridgehead atoms. The second-order valence-electron chi connectivity index (χ2n) is 27.7. The third kappa shape index (κ3) is 32.2. The Bertz CT molecular complexity index is 3540. The number of aliphatic hydroxyl groups excluding tert-OH is 3. The van der Waals surface area contributed by atoms with E-state index in [1.54, 1.807) is 96.1 Å². The van der Waals surface area contributed by atoms with Gasteiger partial charge in [0.2, 0.25) is 76.8 Å². The van der Waals surface area contributed by atoms with E-state index in [1.165, 1.54) is 13.1 Å². The summed E-state index contributed by atoms with van der Waals surface area (Å²) in [5.74, 6) is -16.9. The van der Waals surface area contributed by atoms with E-state index in [1.807, 2.05) is 6.92 Å². The van der Waals surface area contributed by atoms with Crippen molar-refractivity contribution < 1.29 is 97.5 Å². The third-order valence-corrected chi connectivity index (χ3v) is 18.1. The van der Waals surface area contributed by atoms with Crippen molar-refractivity contribution in [3.8, 4) is 0 Å². The minimum Gasteiger partial charge on any atom is -0.481 e. The molecule has 0 radical (unpaired) electrons. The maximum Gasteiger partial charge on any atom is 0.325 e. The normalized spacial score (nSPS) is 15.1. The molecule has 110 heavy (non-hydrogen) atoms. The highest BCUT2D eigenvalue weighted by molar-refractivity contribution is 6.00. The highest BCUT2D eigenvalue weighted by Gasteiger charge is 2.38. The Hall–Kier alpha value is -10.2. The van der Waals surface area contributed by atoms with Crippen molar-refractivity contribution in [2.24, 2.45) is 35.0 Å². The summed E-state index contributed by atoms with van der Waals surface area (Å²) >= 11 is 0. The van der Waals surface area contributed by atoms with Gasteiger partial charge in [0.1, 0.15) is 72.5 Å². The molecule has 1 aromatic heterocycles. The van der Waals surface area contributed by atoms with Gasteiger partial charge in [-0.3, -0.25) is 71.9 Å². The Morgan fingerprint density at radius 1 is 0.436 bits per heavy atom. The van der Waals surface area contributed by atoms with E-state index < -0.39 is 218 Å². The molecule has 2 aromatic carbocycles. The van der Waals surface area contributed by atoms with Crippen LogP contribution in [0.2, 0.25) is 0 Å². The number of aromatic amines is 1. The van der Waals surface area contributed by atoms with E-state index in [4.69, 9.17) is 17.2 Å². The minimum absolute atomic E-state index is 0.107. The highest BCUT2D eigenvalue weighted by atomic mass is 16.4. The van der Waals surface area contributed by atoms with E-state index >= 15 is 0 Å². The molecular formula is C73H115N17O20. The first-order chi connectivity index (χ1) is 52.2. The lowest BCUT2D eigenvalue weighted by Crippen LogP contribution is -2.62. The highest BCUT2D eigenvalue weighted by Crippen LogP contribution is 2.20. The number of para-hydroxylation sites is 1. The van der Waals surface area contributed by atoms with E-state index in [-0.39, 0.29) is 58.2 Å². The van der Waals surface area contributed by atoms with Gasteiger partial charge in [0.15, 0.2) is 0 Å². The molecule has 0 aliphatic heterocycles. The quantitative estimate of drug-likeness (QED) is 0.0239. The molecule has 1 heterocycles. The standard InChI is InChI=1S/C73H115N17O20/c1-9-11-12-16-21-45(93)34-56(94)88-59(39(3)4)70(106)84-49(26-29-74)62(98)78-36-57(95)80-54(37-91)68(104)86-53(33-44-35-77-47-23-18-17-22-46(44)47)67(103)87-55(38-92)69(105)83-50(27-30-75)63(99)82-51(28-31-76)64(100)85-52(32-43-19-14-13-15-20-43)66(102)81-48(24-25-58(96)97)65(101)89-60(40(5)6)71(107)90-61(41(7)10-2)72(108)79-42(8)73(109)110/h13-15,17-20,22-23,35,39-42,45,48-55,59-61,77,91-93H,9-12,16,21,24-34,36-38,74-76H2,1-8H3,(H,78,98)(H,79,108)(H,80,95)(H,81,102)(H,82,99)(H,83,105)(H,84,106)(H,85,100)(H,86,104)(H,87,103)(H,88,94)(H,89,101)(H,90,107)(H,96,97)(H,109,110)/t41-,42-,45?,48-,49+,50-,51+,52-,53+,54+,55-,59+,60-,61+/m0/s1. The molecule has 0 aliphatic carbocycles. The van der Waals surface area contributed by atoms with Gasteiger partial charge in [-0.1, -0.05) is 129 Å². The van der Waals surface area contributed by atoms with Crippen LogP contribution < -0.4 is 86.3 Å². The molecule has 25 N–H and O–H groups in total. The van der Waals surface area contributed by atoms with Crippen molar-refractivity contribution in [1.82, 2.24) is 74.1 Å². The van der Waals surface area contributed by atoms with Gasteiger partial charge >= 0.3 is 11.9 Å². The van der Waals surface area contributed by atoms with Crippen LogP contribution in [0.25, 0.3) is 10.9 Å². The van der Waals surface area contributed by atoms with Crippen molar-refractivity contribution in [2.45, 2.75) is 224 Å². The summed E-state index contributed by atoms with van der Waals surface area (Å²) in [4.78, 5) is 207. The zero-order valence-electron chi connectivity index (χ0n) is 63.7. The second kappa shape index (κ2) is 49.0. The Morgan fingerprint density at radius 2 is 0.873 bits per heavy atom. The Balaban J connectivity index is 1.85. The SMILES string of the molecule is CCCCCCC(O)CC(=O)N[C@@H](C(=O)N[C@H](CCN)C(=O)NCC(=O)N[C@H](CO)C(=O)N[C@H](Cc1c[nH]c2ccccc12)C(=O)N[C@@H](CO)C(=O)N[C@@H](CCN)C(=O)N[C@H](CCN)C(=O)N[C@@H](Cc1ccccc1)C(=O)N[C@@H](CCC(=O)O)C(=O)N[C@H](C(=O)N[C@@H](C(=O)N[C@@H](C)C(=O)O)[C@@H](C)CC)C(C)C)C(C)C. The van der Waals surface area contributed by atoms with Gasteiger partial charge in [-0.15, -0.1) is 0 Å². The van der Waals surface area contributed by atoms with E-state index in [0.717, 1.165) is 25.7 Å². The van der Waals surface area contributed by atoms with Crippen LogP contribution in [-0.2, 0) is 84.8 Å². The van der Waals surface area contributed by atoms with Crippen LogP contribution in [0.3, 0.4) is 0 Å². The number of aliphatic hydroxyl groups is 3. The molecule has 3 aromatic rings. The largest absolute Gasteiger partial charge is 0.481 e. The molecule has 0 saturated heterocycles. The summed E-state index contributed by atoms with van der Waals surface area (Å²) in [6.45, 7) is 9.44. The summed E-state index contributed by atoms with van der Waals surface area (Å²) in [7, 11) is 0. The van der Waals surface area contributed by atoms with Gasteiger partial charge in [-0.05, 0) is 93.6 Å². The third-order valence-electron chi connectivity index (χ3n) is 18.1. The molecule has 0 saturated carbocycles. The number of benzene rings is 2. The number of carboxylic acids is 2. The zero-order valence-corrected chi connectivity index (χ0v) is 63.7. The number of fused-ring (bicyclic) bond motifs is 1. The fourth-order valence-electron chi connectivity index (χ4n) is 11.4. The monoisotopic (exact) mass is 1550 g/mol. The van der Waals surface area contributed by atoms with Crippen LogP contribution in [0.1, 0.15) is 144 Å². The van der Waals surface area contributed by atoms with Gasteiger partial charge in [0, 0.05) is 36.4 Å². The molecule has 0 spiro atoms. The summed E-state index contributed by atoms with van der Waals surface area (Å²) in [6.07, 6.45) is 2.14. The first-order valence-corrected chi connectivity index (χ1v) is 37.1. The first-order valence-electron chi connectivity index (χ1n) is 37.1. The van der Waals surface area contributed by atoms with E-state index in [0.29, 0.717) is 34.9 Å². The number of rotatable bonds is 52. The predicted molar refractivity (Wildman–Crippen MR) is 402 cm³/mol. The van der Waals surface area contributed by atoms with E-state index in [9.17, 15) is 97.5 Å². The number of H-pyrrole nitrogens is 1. The maximum absolute atomic E-state index is 14.5. The smallest absolute Gasteiger partial charge is 0.325 e. The summed E-state index contributed by atoms with van der Waals surface area (Å²) in [6, 6.07) is -3.21.